The zero-order valence-electron chi connectivity index (χ0n) is 17.2. The van der Waals surface area contributed by atoms with E-state index >= 15 is 0 Å². The smallest absolute Gasteiger partial charge is 0.229 e. The first-order chi connectivity index (χ1) is 13.8. The van der Waals surface area contributed by atoms with Crippen molar-refractivity contribution in [3.8, 4) is 0 Å². The third kappa shape index (κ3) is 5.56. The second-order valence-electron chi connectivity index (χ2n) is 7.25. The largest absolute Gasteiger partial charge is 0.308 e. The Hall–Kier alpha value is -1.96. The predicted octanol–water partition coefficient (Wildman–Crippen LogP) is 5.13. The molecule has 3 aromatic rings. The first-order valence-electron chi connectivity index (χ1n) is 9.55. The van der Waals surface area contributed by atoms with Crippen molar-refractivity contribution in [3.05, 3.63) is 53.3 Å². The normalized spacial score (nSPS) is 11.4. The number of likely N-dealkylation sites (N-methyl/N-ethyl adjacent to an activating group) is 1. The second-order valence-corrected chi connectivity index (χ2v) is 9.43. The molecule has 3 rings (SSSR count). The average Bonchev–Trinajstić information content (AvgIpc) is 3.11. The lowest BCUT2D eigenvalue weighted by atomic mass is 10.1. The van der Waals surface area contributed by atoms with Gasteiger partial charge < -0.3 is 4.90 Å². The van der Waals surface area contributed by atoms with E-state index in [0.717, 1.165) is 32.4 Å². The van der Waals surface area contributed by atoms with Crippen molar-refractivity contribution < 1.29 is 9.18 Å². The number of thioether (sulfide) groups is 1. The summed E-state index contributed by atoms with van der Waals surface area (Å²) in [5, 5.41) is 0.757. The van der Waals surface area contributed by atoms with Crippen LogP contribution in [-0.2, 0) is 4.79 Å². The Morgan fingerprint density at radius 2 is 1.83 bits per heavy atom. The first kappa shape index (κ1) is 21.7. The van der Waals surface area contributed by atoms with Gasteiger partial charge in [0, 0.05) is 30.2 Å². The second kappa shape index (κ2) is 9.69. The number of fused-ring (bicyclic) bond motifs is 1. The van der Waals surface area contributed by atoms with Crippen LogP contribution in [0.15, 0.2) is 41.3 Å². The van der Waals surface area contributed by atoms with Gasteiger partial charge in [-0.25, -0.2) is 9.37 Å². The molecule has 0 bridgehead atoms. The first-order valence-corrected chi connectivity index (χ1v) is 11.4. The lowest BCUT2D eigenvalue weighted by Crippen LogP contribution is -2.36. The van der Waals surface area contributed by atoms with Gasteiger partial charge in [-0.1, -0.05) is 17.4 Å². The van der Waals surface area contributed by atoms with E-state index in [1.54, 1.807) is 35.2 Å². The molecule has 0 aliphatic rings. The Morgan fingerprint density at radius 1 is 1.10 bits per heavy atom. The maximum absolute atomic E-state index is 13.0. The van der Waals surface area contributed by atoms with Crippen molar-refractivity contribution in [2.24, 2.45) is 0 Å². The molecule has 7 heteroatoms. The molecule has 4 nitrogen and oxygen atoms in total. The Labute approximate surface area is 179 Å². The number of carbonyl (C=O) groups is 1. The average molecular weight is 432 g/mol. The summed E-state index contributed by atoms with van der Waals surface area (Å²) in [5.41, 5.74) is 3.35. The molecule has 0 unspecified atom stereocenters. The summed E-state index contributed by atoms with van der Waals surface area (Å²) in [5.74, 6) is 0.461. The fourth-order valence-corrected chi connectivity index (χ4v) is 4.79. The SMILES string of the molecule is Cc1ccc2sc(N(CCN(C)C)C(=O)CCSc3ccc(F)cc3)nc2c1C. The number of hydrogen-bond acceptors (Lipinski definition) is 5. The van der Waals surface area contributed by atoms with Crippen LogP contribution in [0, 0.1) is 19.7 Å². The lowest BCUT2D eigenvalue weighted by Gasteiger charge is -2.22. The minimum Gasteiger partial charge on any atom is -0.308 e. The quantitative estimate of drug-likeness (QED) is 0.463. The number of carbonyl (C=O) groups excluding carboxylic acids is 1. The van der Waals surface area contributed by atoms with Crippen LogP contribution in [0.25, 0.3) is 10.2 Å². The number of aryl methyl sites for hydroxylation is 2. The number of anilines is 1. The molecule has 0 aliphatic carbocycles. The van der Waals surface area contributed by atoms with Gasteiger partial charge in [0.1, 0.15) is 5.82 Å². The third-order valence-electron chi connectivity index (χ3n) is 4.77. The Morgan fingerprint density at radius 3 is 2.52 bits per heavy atom. The summed E-state index contributed by atoms with van der Waals surface area (Å²) < 4.78 is 14.1. The number of amides is 1. The molecule has 29 heavy (non-hydrogen) atoms. The highest BCUT2D eigenvalue weighted by Gasteiger charge is 2.20. The molecule has 1 aromatic heterocycles. The van der Waals surface area contributed by atoms with Crippen LogP contribution in [-0.4, -0.2) is 48.7 Å². The fraction of sp³-hybridized carbons (Fsp3) is 0.364. The number of nitrogens with zero attached hydrogens (tertiary/aromatic N) is 3. The van der Waals surface area contributed by atoms with Crippen molar-refractivity contribution >= 4 is 44.4 Å². The van der Waals surface area contributed by atoms with E-state index in [1.807, 2.05) is 19.0 Å². The fourth-order valence-electron chi connectivity index (χ4n) is 2.88. The van der Waals surface area contributed by atoms with E-state index in [0.29, 0.717) is 18.7 Å². The van der Waals surface area contributed by atoms with Gasteiger partial charge in [-0.2, -0.15) is 0 Å². The van der Waals surface area contributed by atoms with Crippen molar-refractivity contribution in [2.75, 3.05) is 37.8 Å². The Kier molecular flexibility index (Phi) is 7.27. The summed E-state index contributed by atoms with van der Waals surface area (Å²) in [4.78, 5) is 22.7. The van der Waals surface area contributed by atoms with Gasteiger partial charge in [0.15, 0.2) is 5.13 Å². The summed E-state index contributed by atoms with van der Waals surface area (Å²) >= 11 is 3.13. The molecule has 0 N–H and O–H groups in total. The molecule has 1 heterocycles. The molecule has 0 spiro atoms. The number of benzene rings is 2. The van der Waals surface area contributed by atoms with Gasteiger partial charge in [0.25, 0.3) is 0 Å². The number of halogens is 1. The number of rotatable bonds is 8. The maximum atomic E-state index is 13.0. The molecule has 1 amide bonds. The zero-order valence-corrected chi connectivity index (χ0v) is 18.9. The van der Waals surface area contributed by atoms with Gasteiger partial charge in [-0.3, -0.25) is 9.69 Å². The summed E-state index contributed by atoms with van der Waals surface area (Å²) in [7, 11) is 4.00. The molecule has 154 valence electrons. The number of thiazole rings is 1. The number of hydrogen-bond donors (Lipinski definition) is 0. The van der Waals surface area contributed by atoms with Crippen molar-refractivity contribution in [2.45, 2.75) is 25.2 Å². The van der Waals surface area contributed by atoms with E-state index in [9.17, 15) is 9.18 Å². The lowest BCUT2D eigenvalue weighted by molar-refractivity contribution is -0.118. The molecule has 0 saturated heterocycles. The van der Waals surface area contributed by atoms with Crippen LogP contribution in [0.4, 0.5) is 9.52 Å². The summed E-state index contributed by atoms with van der Waals surface area (Å²) in [6, 6.07) is 10.6. The van der Waals surface area contributed by atoms with Crippen molar-refractivity contribution in [1.29, 1.82) is 0 Å². The molecular formula is C22H26FN3OS2. The monoisotopic (exact) mass is 431 g/mol. The third-order valence-corrected chi connectivity index (χ3v) is 6.83. The number of aromatic nitrogens is 1. The molecule has 0 fully saturated rings. The molecule has 0 aliphatic heterocycles. The predicted molar refractivity (Wildman–Crippen MR) is 122 cm³/mol. The van der Waals surface area contributed by atoms with Crippen LogP contribution < -0.4 is 4.90 Å². The molecule has 0 saturated carbocycles. The highest BCUT2D eigenvalue weighted by Crippen LogP contribution is 2.32. The van der Waals surface area contributed by atoms with E-state index < -0.39 is 0 Å². The highest BCUT2D eigenvalue weighted by atomic mass is 32.2. The highest BCUT2D eigenvalue weighted by molar-refractivity contribution is 7.99. The van der Waals surface area contributed by atoms with Crippen LogP contribution >= 0.6 is 23.1 Å². The van der Waals surface area contributed by atoms with E-state index in [4.69, 9.17) is 4.98 Å². The molecule has 0 atom stereocenters. The van der Waals surface area contributed by atoms with Crippen LogP contribution in [0.5, 0.6) is 0 Å². The maximum Gasteiger partial charge on any atom is 0.229 e. The molecule has 2 aromatic carbocycles. The van der Waals surface area contributed by atoms with Crippen LogP contribution in [0.3, 0.4) is 0 Å². The minimum atomic E-state index is -0.248. The summed E-state index contributed by atoms with van der Waals surface area (Å²) in [6.07, 6.45) is 0.406. The Balaban J connectivity index is 1.74. The molecule has 0 radical (unpaired) electrons. The summed E-state index contributed by atoms with van der Waals surface area (Å²) in [6.45, 7) is 5.53. The van der Waals surface area contributed by atoms with Crippen molar-refractivity contribution in [3.63, 3.8) is 0 Å². The van der Waals surface area contributed by atoms with Gasteiger partial charge in [-0.15, -0.1) is 11.8 Å². The van der Waals surface area contributed by atoms with E-state index in [1.165, 1.54) is 17.7 Å². The van der Waals surface area contributed by atoms with Gasteiger partial charge in [0.2, 0.25) is 5.91 Å². The minimum absolute atomic E-state index is 0.0647. The Bertz CT molecular complexity index is 986. The van der Waals surface area contributed by atoms with E-state index in [-0.39, 0.29) is 11.7 Å². The molecular weight excluding hydrogens is 405 g/mol. The van der Waals surface area contributed by atoms with Crippen LogP contribution in [0.1, 0.15) is 17.5 Å². The zero-order chi connectivity index (χ0) is 21.0. The van der Waals surface area contributed by atoms with Crippen molar-refractivity contribution in [1.82, 2.24) is 9.88 Å². The van der Waals surface area contributed by atoms with Gasteiger partial charge >= 0.3 is 0 Å². The topological polar surface area (TPSA) is 36.4 Å². The van der Waals surface area contributed by atoms with E-state index in [2.05, 4.69) is 30.9 Å². The van der Waals surface area contributed by atoms with Gasteiger partial charge in [0.05, 0.1) is 10.2 Å². The standard InChI is InChI=1S/C22H26FN3OS2/c1-15-5-10-19-21(16(15)2)24-22(29-19)26(13-12-25(3)4)20(27)11-14-28-18-8-6-17(23)7-9-18/h5-10H,11-14H2,1-4H3. The van der Waals surface area contributed by atoms with Gasteiger partial charge in [-0.05, 0) is 69.4 Å². The van der Waals surface area contributed by atoms with Crippen LogP contribution in [0.2, 0.25) is 0 Å².